The predicted octanol–water partition coefficient (Wildman–Crippen LogP) is 2.30. The second kappa shape index (κ2) is 7.16. The average Bonchev–Trinajstić information content (AvgIpc) is 2.57. The molecule has 0 aliphatic carbocycles. The van der Waals surface area contributed by atoms with Crippen LogP contribution in [-0.4, -0.2) is 36.3 Å². The van der Waals surface area contributed by atoms with Crippen molar-refractivity contribution in [2.24, 2.45) is 11.8 Å². The normalized spacial score (nSPS) is 25.1. The largest absolute Gasteiger partial charge is 0.355 e. The number of nitrogens with zero attached hydrogens (tertiary/aromatic N) is 1. The van der Waals surface area contributed by atoms with Crippen LogP contribution in [0.2, 0.25) is 0 Å². The van der Waals surface area contributed by atoms with E-state index >= 15 is 0 Å². The van der Waals surface area contributed by atoms with Crippen LogP contribution in [-0.2, 0) is 16.0 Å². The Morgan fingerprint density at radius 2 is 2.04 bits per heavy atom. The van der Waals surface area contributed by atoms with E-state index in [0.717, 1.165) is 25.9 Å². The maximum atomic E-state index is 12.7. The van der Waals surface area contributed by atoms with Crippen molar-refractivity contribution < 1.29 is 9.59 Å². The Bertz CT molecular complexity index is 557. The summed E-state index contributed by atoms with van der Waals surface area (Å²) in [6.07, 6.45) is 4.51. The lowest BCUT2D eigenvalue weighted by atomic mass is 9.89. The number of amides is 2. The Morgan fingerprint density at radius 3 is 2.74 bits per heavy atom. The van der Waals surface area contributed by atoms with E-state index in [2.05, 4.69) is 36.5 Å². The summed E-state index contributed by atoms with van der Waals surface area (Å²) in [6, 6.07) is 8.72. The fourth-order valence-electron chi connectivity index (χ4n) is 3.69. The van der Waals surface area contributed by atoms with Gasteiger partial charge in [0.05, 0.1) is 5.92 Å². The number of hydrogen-bond donors (Lipinski definition) is 1. The fraction of sp³-hybridized carbons (Fsp3) is 0.579. The van der Waals surface area contributed by atoms with E-state index in [4.69, 9.17) is 0 Å². The Kier molecular flexibility index (Phi) is 4.99. The number of aryl methyl sites for hydroxylation is 1. The number of rotatable bonds is 3. The Labute approximate surface area is 138 Å². The van der Waals surface area contributed by atoms with Gasteiger partial charge in [0.25, 0.3) is 0 Å². The standard InChI is InChI=1S/C19H26N2O2/c1-14-4-6-15(7-5-14)11-16-3-2-10-21(13-16)19(23)17-8-9-18(22)20-12-17/h4-7,16-17H,2-3,8-13H2,1H3,(H,20,22)/t16-,17-/m0/s1. The number of hydrogen-bond acceptors (Lipinski definition) is 2. The number of carbonyl (C=O) groups is 2. The summed E-state index contributed by atoms with van der Waals surface area (Å²) >= 11 is 0. The van der Waals surface area contributed by atoms with E-state index in [-0.39, 0.29) is 17.7 Å². The van der Waals surface area contributed by atoms with Gasteiger partial charge in [-0.3, -0.25) is 9.59 Å². The molecule has 124 valence electrons. The van der Waals surface area contributed by atoms with Crippen LogP contribution in [0, 0.1) is 18.8 Å². The van der Waals surface area contributed by atoms with Gasteiger partial charge in [-0.15, -0.1) is 0 Å². The van der Waals surface area contributed by atoms with Gasteiger partial charge in [0.1, 0.15) is 0 Å². The molecule has 1 aromatic rings. The van der Waals surface area contributed by atoms with Crippen molar-refractivity contribution in [3.8, 4) is 0 Å². The molecule has 0 saturated carbocycles. The third-order valence-electron chi connectivity index (χ3n) is 5.09. The predicted molar refractivity (Wildman–Crippen MR) is 89.9 cm³/mol. The minimum absolute atomic E-state index is 0.0224. The highest BCUT2D eigenvalue weighted by atomic mass is 16.2. The van der Waals surface area contributed by atoms with Gasteiger partial charge in [-0.1, -0.05) is 29.8 Å². The van der Waals surface area contributed by atoms with Crippen LogP contribution in [0.15, 0.2) is 24.3 Å². The van der Waals surface area contributed by atoms with Crippen LogP contribution < -0.4 is 5.32 Å². The maximum absolute atomic E-state index is 12.7. The zero-order valence-electron chi connectivity index (χ0n) is 13.9. The van der Waals surface area contributed by atoms with Gasteiger partial charge in [0.2, 0.25) is 11.8 Å². The Morgan fingerprint density at radius 1 is 1.26 bits per heavy atom. The van der Waals surface area contributed by atoms with E-state index in [1.165, 1.54) is 17.5 Å². The first-order valence-electron chi connectivity index (χ1n) is 8.73. The molecule has 2 saturated heterocycles. The highest BCUT2D eigenvalue weighted by Gasteiger charge is 2.31. The minimum Gasteiger partial charge on any atom is -0.355 e. The highest BCUT2D eigenvalue weighted by molar-refractivity contribution is 5.83. The molecule has 2 aliphatic rings. The molecular weight excluding hydrogens is 288 g/mol. The molecule has 23 heavy (non-hydrogen) atoms. The molecule has 2 aliphatic heterocycles. The van der Waals surface area contributed by atoms with Crippen LogP contribution in [0.5, 0.6) is 0 Å². The summed E-state index contributed by atoms with van der Waals surface area (Å²) < 4.78 is 0. The molecule has 2 atom stereocenters. The lowest BCUT2D eigenvalue weighted by molar-refractivity contribution is -0.139. The highest BCUT2D eigenvalue weighted by Crippen LogP contribution is 2.24. The smallest absolute Gasteiger partial charge is 0.227 e. The average molecular weight is 314 g/mol. The molecule has 1 aromatic carbocycles. The maximum Gasteiger partial charge on any atom is 0.227 e. The molecule has 2 heterocycles. The van der Waals surface area contributed by atoms with Crippen molar-refractivity contribution in [3.63, 3.8) is 0 Å². The second-order valence-corrected chi connectivity index (χ2v) is 7.02. The van der Waals surface area contributed by atoms with E-state index in [1.807, 2.05) is 4.90 Å². The zero-order chi connectivity index (χ0) is 16.2. The van der Waals surface area contributed by atoms with Gasteiger partial charge in [-0.2, -0.15) is 0 Å². The minimum atomic E-state index is -0.0224. The summed E-state index contributed by atoms with van der Waals surface area (Å²) in [6.45, 7) is 4.34. The van der Waals surface area contributed by atoms with Gasteiger partial charge >= 0.3 is 0 Å². The summed E-state index contributed by atoms with van der Waals surface area (Å²) in [5.74, 6) is 0.836. The summed E-state index contributed by atoms with van der Waals surface area (Å²) in [4.78, 5) is 26.0. The molecular formula is C19H26N2O2. The van der Waals surface area contributed by atoms with E-state index < -0.39 is 0 Å². The SMILES string of the molecule is Cc1ccc(C[C@@H]2CCCN(C(=O)[C@H]3CCC(=O)NC3)C2)cc1. The molecule has 0 spiro atoms. The number of carbonyl (C=O) groups excluding carboxylic acids is 2. The molecule has 3 rings (SSSR count). The van der Waals surface area contributed by atoms with Crippen LogP contribution in [0.1, 0.15) is 36.8 Å². The van der Waals surface area contributed by atoms with Gasteiger partial charge in [0.15, 0.2) is 0 Å². The van der Waals surface area contributed by atoms with Gasteiger partial charge in [-0.25, -0.2) is 0 Å². The van der Waals surface area contributed by atoms with Crippen molar-refractivity contribution in [1.82, 2.24) is 10.2 Å². The molecule has 0 aromatic heterocycles. The molecule has 4 nitrogen and oxygen atoms in total. The molecule has 0 unspecified atom stereocenters. The van der Waals surface area contributed by atoms with Gasteiger partial charge in [-0.05, 0) is 44.1 Å². The van der Waals surface area contributed by atoms with E-state index in [1.54, 1.807) is 0 Å². The fourth-order valence-corrected chi connectivity index (χ4v) is 3.69. The van der Waals surface area contributed by atoms with Crippen LogP contribution in [0.4, 0.5) is 0 Å². The van der Waals surface area contributed by atoms with Crippen LogP contribution in [0.25, 0.3) is 0 Å². The topological polar surface area (TPSA) is 49.4 Å². The van der Waals surface area contributed by atoms with E-state index in [0.29, 0.717) is 25.3 Å². The molecule has 4 heteroatoms. The first kappa shape index (κ1) is 16.0. The summed E-state index contributed by atoms with van der Waals surface area (Å²) in [5, 5.41) is 2.82. The molecule has 0 radical (unpaired) electrons. The lowest BCUT2D eigenvalue weighted by Crippen LogP contribution is -2.48. The van der Waals surface area contributed by atoms with Crippen molar-refractivity contribution in [1.29, 1.82) is 0 Å². The van der Waals surface area contributed by atoms with Crippen molar-refractivity contribution in [3.05, 3.63) is 35.4 Å². The number of piperidine rings is 2. The Hall–Kier alpha value is -1.84. The Balaban J connectivity index is 1.56. The zero-order valence-corrected chi connectivity index (χ0v) is 13.9. The van der Waals surface area contributed by atoms with Crippen molar-refractivity contribution in [2.45, 2.75) is 39.0 Å². The quantitative estimate of drug-likeness (QED) is 0.931. The molecule has 2 fully saturated rings. The molecule has 2 amide bonds. The van der Waals surface area contributed by atoms with Crippen LogP contribution in [0.3, 0.4) is 0 Å². The first-order valence-corrected chi connectivity index (χ1v) is 8.73. The van der Waals surface area contributed by atoms with Crippen molar-refractivity contribution >= 4 is 11.8 Å². The molecule has 1 N–H and O–H groups in total. The third kappa shape index (κ3) is 4.12. The van der Waals surface area contributed by atoms with E-state index in [9.17, 15) is 9.59 Å². The summed E-state index contributed by atoms with van der Waals surface area (Å²) in [5.41, 5.74) is 2.65. The van der Waals surface area contributed by atoms with Gasteiger partial charge < -0.3 is 10.2 Å². The first-order chi connectivity index (χ1) is 11.1. The number of nitrogens with one attached hydrogen (secondary N) is 1. The van der Waals surface area contributed by atoms with Crippen molar-refractivity contribution in [2.75, 3.05) is 19.6 Å². The third-order valence-corrected chi connectivity index (χ3v) is 5.09. The lowest BCUT2D eigenvalue weighted by Gasteiger charge is -2.36. The summed E-state index contributed by atoms with van der Waals surface area (Å²) in [7, 11) is 0. The number of likely N-dealkylation sites (tertiary alicyclic amines) is 1. The monoisotopic (exact) mass is 314 g/mol. The second-order valence-electron chi connectivity index (χ2n) is 7.02. The van der Waals surface area contributed by atoms with Crippen LogP contribution >= 0.6 is 0 Å². The van der Waals surface area contributed by atoms with Gasteiger partial charge in [0, 0.05) is 26.1 Å². The number of benzene rings is 1. The molecule has 0 bridgehead atoms.